The lowest BCUT2D eigenvalue weighted by Gasteiger charge is -2.01. The molecule has 2 nitrogen and oxygen atoms in total. The van der Waals surface area contributed by atoms with Gasteiger partial charge in [0.15, 0.2) is 0 Å². The molecule has 0 spiro atoms. The van der Waals surface area contributed by atoms with Gasteiger partial charge in [-0.25, -0.2) is 0 Å². The van der Waals surface area contributed by atoms with Crippen molar-refractivity contribution in [3.8, 4) is 6.07 Å². The Morgan fingerprint density at radius 1 is 1.20 bits per heavy atom. The number of unbranched alkanes of at least 4 members (excludes halogenated alkanes) is 1. The lowest BCUT2D eigenvalue weighted by molar-refractivity contribution is 0.827. The van der Waals surface area contributed by atoms with Gasteiger partial charge < -0.3 is 0 Å². The maximum absolute atomic E-state index is 8.45. The zero-order valence-electron chi connectivity index (χ0n) is 8.48. The Morgan fingerprint density at radius 2 is 2.00 bits per heavy atom. The van der Waals surface area contributed by atoms with Crippen LogP contribution >= 0.6 is 0 Å². The zero-order chi connectivity index (χ0) is 10.5. The van der Waals surface area contributed by atoms with Gasteiger partial charge in [0.05, 0.1) is 6.07 Å². The molecule has 0 fully saturated rings. The van der Waals surface area contributed by atoms with E-state index in [-0.39, 0.29) is 0 Å². The highest BCUT2D eigenvalue weighted by molar-refractivity contribution is 5.81. The van der Waals surface area contributed by atoms with E-state index in [1.54, 1.807) is 0 Å². The molecule has 0 radical (unpaired) electrons. The first-order valence-electron chi connectivity index (χ1n) is 5.11. The van der Waals surface area contributed by atoms with Crippen LogP contribution in [0.4, 0.5) is 0 Å². The molecular formula is C13H12N2. The molecule has 74 valence electrons. The normalized spacial score (nSPS) is 10.1. The highest BCUT2D eigenvalue weighted by atomic mass is 14.7. The predicted octanol–water partition coefficient (Wildman–Crippen LogP) is 3.08. The lowest BCUT2D eigenvalue weighted by Crippen LogP contribution is -1.89. The summed E-state index contributed by atoms with van der Waals surface area (Å²) in [7, 11) is 0. The van der Waals surface area contributed by atoms with Gasteiger partial charge in [-0.3, -0.25) is 4.98 Å². The largest absolute Gasteiger partial charge is 0.261 e. The minimum atomic E-state index is 0.606. The number of hydrogen-bond donors (Lipinski definition) is 0. The van der Waals surface area contributed by atoms with Crippen LogP contribution in [0.2, 0.25) is 0 Å². The molecule has 1 aromatic carbocycles. The van der Waals surface area contributed by atoms with E-state index < -0.39 is 0 Å². The third-order valence-corrected chi connectivity index (χ3v) is 2.41. The number of aromatic nitrogens is 1. The maximum atomic E-state index is 8.45. The summed E-state index contributed by atoms with van der Waals surface area (Å²) in [5.74, 6) is 0. The van der Waals surface area contributed by atoms with Crippen molar-refractivity contribution < 1.29 is 0 Å². The second kappa shape index (κ2) is 4.56. The van der Waals surface area contributed by atoms with E-state index in [1.807, 2.05) is 18.3 Å². The number of nitrogens with zero attached hydrogens (tertiary/aromatic N) is 2. The number of aryl methyl sites for hydroxylation is 1. The highest BCUT2D eigenvalue weighted by Gasteiger charge is 1.97. The van der Waals surface area contributed by atoms with E-state index >= 15 is 0 Å². The molecule has 0 aliphatic rings. The average molecular weight is 196 g/mol. The van der Waals surface area contributed by atoms with Gasteiger partial charge in [0.25, 0.3) is 0 Å². The number of rotatable bonds is 3. The molecule has 0 atom stereocenters. The maximum Gasteiger partial charge on any atom is 0.0621 e. The van der Waals surface area contributed by atoms with Crippen molar-refractivity contribution in [2.75, 3.05) is 0 Å². The van der Waals surface area contributed by atoms with E-state index in [9.17, 15) is 0 Å². The van der Waals surface area contributed by atoms with Crippen LogP contribution in [0.1, 0.15) is 18.5 Å². The third-order valence-electron chi connectivity index (χ3n) is 2.41. The van der Waals surface area contributed by atoms with E-state index in [1.165, 1.54) is 10.8 Å². The second-order valence-corrected chi connectivity index (χ2v) is 3.53. The van der Waals surface area contributed by atoms with Gasteiger partial charge in [-0.15, -0.1) is 0 Å². The third kappa shape index (κ3) is 2.32. The summed E-state index contributed by atoms with van der Waals surface area (Å²) < 4.78 is 0. The summed E-state index contributed by atoms with van der Waals surface area (Å²) in [5.41, 5.74) is 1.07. The predicted molar refractivity (Wildman–Crippen MR) is 60.3 cm³/mol. The molecule has 2 heteroatoms. The molecule has 0 unspecified atom stereocenters. The summed E-state index contributed by atoms with van der Waals surface area (Å²) in [5, 5.41) is 10.8. The molecule has 1 aromatic heterocycles. The van der Waals surface area contributed by atoms with Crippen molar-refractivity contribution >= 4 is 10.8 Å². The molecule has 2 aromatic rings. The number of fused-ring (bicyclic) bond motifs is 1. The number of benzene rings is 1. The first-order chi connectivity index (χ1) is 7.40. The Hall–Kier alpha value is -1.88. The first kappa shape index (κ1) is 9.67. The minimum absolute atomic E-state index is 0.606. The number of pyridine rings is 1. The van der Waals surface area contributed by atoms with Crippen molar-refractivity contribution in [1.29, 1.82) is 5.26 Å². The summed E-state index contributed by atoms with van der Waals surface area (Å²) in [6.45, 7) is 0. The number of hydrogen-bond acceptors (Lipinski definition) is 2. The van der Waals surface area contributed by atoms with Gasteiger partial charge in [-0.1, -0.05) is 24.3 Å². The van der Waals surface area contributed by atoms with Crippen molar-refractivity contribution in [3.05, 3.63) is 42.2 Å². The quantitative estimate of drug-likeness (QED) is 0.707. The molecule has 0 bridgehead atoms. The van der Waals surface area contributed by atoms with Crippen molar-refractivity contribution in [1.82, 2.24) is 4.98 Å². The molecule has 2 rings (SSSR count). The molecule has 0 aliphatic heterocycles. The van der Waals surface area contributed by atoms with Crippen LogP contribution < -0.4 is 0 Å². The summed E-state index contributed by atoms with van der Waals surface area (Å²) in [4.78, 5) is 4.37. The molecule has 15 heavy (non-hydrogen) atoms. The molecular weight excluding hydrogens is 184 g/mol. The molecule has 0 saturated carbocycles. The second-order valence-electron chi connectivity index (χ2n) is 3.53. The van der Waals surface area contributed by atoms with E-state index in [4.69, 9.17) is 5.26 Å². The fourth-order valence-electron chi connectivity index (χ4n) is 1.61. The molecule has 0 amide bonds. The van der Waals surface area contributed by atoms with E-state index in [0.29, 0.717) is 6.42 Å². The van der Waals surface area contributed by atoms with Crippen molar-refractivity contribution in [2.45, 2.75) is 19.3 Å². The summed E-state index contributed by atoms with van der Waals surface area (Å²) in [6.07, 6.45) is 4.28. The molecule has 0 aliphatic carbocycles. The van der Waals surface area contributed by atoms with Crippen LogP contribution in [0.25, 0.3) is 10.8 Å². The van der Waals surface area contributed by atoms with Crippen LogP contribution in [-0.4, -0.2) is 4.98 Å². The van der Waals surface area contributed by atoms with Crippen molar-refractivity contribution in [3.63, 3.8) is 0 Å². The van der Waals surface area contributed by atoms with Gasteiger partial charge in [-0.2, -0.15) is 5.26 Å². The van der Waals surface area contributed by atoms with Crippen LogP contribution in [0.5, 0.6) is 0 Å². The van der Waals surface area contributed by atoms with Gasteiger partial charge in [0, 0.05) is 23.7 Å². The van der Waals surface area contributed by atoms with E-state index in [2.05, 4.69) is 29.3 Å². The Labute approximate surface area is 89.2 Å². The zero-order valence-corrected chi connectivity index (χ0v) is 8.48. The highest BCUT2D eigenvalue weighted by Crippen LogP contribution is 2.14. The van der Waals surface area contributed by atoms with Crippen LogP contribution in [0.15, 0.2) is 36.5 Å². The van der Waals surface area contributed by atoms with Gasteiger partial charge in [0.1, 0.15) is 0 Å². The van der Waals surface area contributed by atoms with Crippen LogP contribution in [0.3, 0.4) is 0 Å². The Kier molecular flexibility index (Phi) is 2.94. The summed E-state index contributed by atoms with van der Waals surface area (Å²) in [6, 6.07) is 12.4. The fraction of sp³-hybridized carbons (Fsp3) is 0.231. The standard InChI is InChI=1S/C13H12N2/c14-8-4-3-7-13-9-11-5-1-2-6-12(11)10-15-13/h1-2,5-6,9-10H,3-4,7H2. The fourth-order valence-corrected chi connectivity index (χ4v) is 1.61. The lowest BCUT2D eigenvalue weighted by atomic mass is 10.1. The SMILES string of the molecule is N#CCCCc1cc2ccccc2cn1. The Balaban J connectivity index is 2.20. The topological polar surface area (TPSA) is 36.7 Å². The van der Waals surface area contributed by atoms with Crippen LogP contribution in [-0.2, 0) is 6.42 Å². The Bertz CT molecular complexity index is 497. The molecule has 0 N–H and O–H groups in total. The van der Waals surface area contributed by atoms with Gasteiger partial charge in [0.2, 0.25) is 0 Å². The smallest absolute Gasteiger partial charge is 0.0621 e. The van der Waals surface area contributed by atoms with Crippen LogP contribution in [0, 0.1) is 11.3 Å². The molecule has 0 saturated heterocycles. The monoisotopic (exact) mass is 196 g/mol. The minimum Gasteiger partial charge on any atom is -0.261 e. The van der Waals surface area contributed by atoms with Gasteiger partial charge in [-0.05, 0) is 24.3 Å². The number of nitriles is 1. The average Bonchev–Trinajstić information content (AvgIpc) is 2.29. The molecule has 1 heterocycles. The van der Waals surface area contributed by atoms with Gasteiger partial charge >= 0.3 is 0 Å². The van der Waals surface area contributed by atoms with Crippen molar-refractivity contribution in [2.24, 2.45) is 0 Å². The Morgan fingerprint density at radius 3 is 2.80 bits per heavy atom. The first-order valence-corrected chi connectivity index (χ1v) is 5.11. The summed E-state index contributed by atoms with van der Waals surface area (Å²) >= 11 is 0. The van der Waals surface area contributed by atoms with E-state index in [0.717, 1.165) is 18.5 Å².